The molecule has 9 nitrogen and oxygen atoms in total. The van der Waals surface area contributed by atoms with Gasteiger partial charge in [0, 0.05) is 11.4 Å². The van der Waals surface area contributed by atoms with Crippen LogP contribution in [-0.4, -0.2) is 32.1 Å². The Hall–Kier alpha value is -4.11. The molecule has 0 heterocycles. The maximum atomic E-state index is 15.3. The van der Waals surface area contributed by atoms with Gasteiger partial charge in [0.25, 0.3) is 20.2 Å². The highest BCUT2D eigenvalue weighted by Gasteiger charge is 2.58. The number of anilines is 2. The minimum absolute atomic E-state index is 0.135. The summed E-state index contributed by atoms with van der Waals surface area (Å²) < 4.78 is 118. The molecule has 0 fully saturated rings. The second-order valence-corrected chi connectivity index (χ2v) is 11.5. The molecular weight excluding hydrogens is 573 g/mol. The Kier molecular flexibility index (Phi) is 7.32. The van der Waals surface area contributed by atoms with E-state index in [4.69, 9.17) is 20.8 Å². The number of hydrogen-bond acceptors (Lipinski definition) is 7. The Morgan fingerprint density at radius 3 is 1.48 bits per heavy atom. The molecule has 0 amide bonds. The topological polar surface area (TPSA) is 170 Å². The molecule has 0 bridgehead atoms. The number of alkyl halides is 3. The molecule has 0 aromatic heterocycles. The molecule has 4 aromatic carbocycles. The van der Waals surface area contributed by atoms with Crippen molar-refractivity contribution in [3.05, 3.63) is 108 Å². The fraction of sp³-hybridized carbons (Fsp3) is 0.0769. The van der Waals surface area contributed by atoms with Crippen molar-refractivity contribution in [1.29, 1.82) is 0 Å². The molecule has 0 saturated heterocycles. The summed E-state index contributed by atoms with van der Waals surface area (Å²) in [6.07, 6.45) is -5.05. The molecule has 0 unspecified atom stereocenters. The summed E-state index contributed by atoms with van der Waals surface area (Å²) >= 11 is 0. The van der Waals surface area contributed by atoms with E-state index in [-0.39, 0.29) is 28.3 Å². The minimum Gasteiger partial charge on any atom is -0.456 e. The first kappa shape index (κ1) is 28.9. The molecule has 0 atom stereocenters. The van der Waals surface area contributed by atoms with E-state index in [0.717, 1.165) is 60.7 Å². The average molecular weight is 595 g/mol. The van der Waals surface area contributed by atoms with E-state index in [1.165, 1.54) is 24.3 Å². The second kappa shape index (κ2) is 10.1. The highest BCUT2D eigenvalue weighted by molar-refractivity contribution is 7.86. The Morgan fingerprint density at radius 2 is 1.07 bits per heavy atom. The Balaban J connectivity index is 1.97. The van der Waals surface area contributed by atoms with E-state index in [1.54, 1.807) is 0 Å². The molecule has 0 aliphatic carbocycles. The largest absolute Gasteiger partial charge is 0.456 e. The van der Waals surface area contributed by atoms with Crippen molar-refractivity contribution in [2.45, 2.75) is 21.4 Å². The van der Waals surface area contributed by atoms with E-state index in [9.17, 15) is 21.4 Å². The molecule has 0 spiro atoms. The summed E-state index contributed by atoms with van der Waals surface area (Å²) in [5.41, 5.74) is 7.70. The summed E-state index contributed by atoms with van der Waals surface area (Å²) in [4.78, 5) is -1.46. The molecule has 40 heavy (non-hydrogen) atoms. The molecule has 4 rings (SSSR count). The lowest BCUT2D eigenvalue weighted by Crippen LogP contribution is -2.44. The molecule has 0 aliphatic rings. The van der Waals surface area contributed by atoms with E-state index < -0.39 is 52.9 Å². The first-order valence-corrected chi connectivity index (χ1v) is 14.1. The van der Waals surface area contributed by atoms with Gasteiger partial charge in [-0.05, 0) is 77.4 Å². The second-order valence-electron chi connectivity index (χ2n) is 8.68. The van der Waals surface area contributed by atoms with Crippen LogP contribution in [0.4, 0.5) is 24.5 Å². The van der Waals surface area contributed by atoms with Crippen LogP contribution in [0.1, 0.15) is 16.7 Å². The highest BCUT2D eigenvalue weighted by atomic mass is 32.2. The number of nitrogen functional groups attached to an aromatic ring is 2. The molecule has 14 heteroatoms. The SMILES string of the molecule is Nc1ccc(C(c2ccc(N)cc2)(c2ccc(Oc3ccc(S(=O)(=O)O)cc3)c(S(=O)(=O)O)c2)C(F)(F)F)cc1. The summed E-state index contributed by atoms with van der Waals surface area (Å²) in [6.45, 7) is 0. The first-order valence-electron chi connectivity index (χ1n) is 11.2. The Morgan fingerprint density at radius 1 is 0.625 bits per heavy atom. The zero-order chi connectivity index (χ0) is 29.5. The fourth-order valence-electron chi connectivity index (χ4n) is 4.29. The van der Waals surface area contributed by atoms with Crippen LogP contribution in [0, 0.1) is 0 Å². The quantitative estimate of drug-likeness (QED) is 0.130. The molecular formula is C26H21F3N2O7S2. The van der Waals surface area contributed by atoms with Gasteiger partial charge in [-0.3, -0.25) is 9.11 Å². The lowest BCUT2D eigenvalue weighted by Gasteiger charge is -2.38. The summed E-state index contributed by atoms with van der Waals surface area (Å²) in [6, 6.07) is 16.4. The molecule has 210 valence electrons. The lowest BCUT2D eigenvalue weighted by molar-refractivity contribution is -0.166. The fourth-order valence-corrected chi connectivity index (χ4v) is 5.41. The van der Waals surface area contributed by atoms with Crippen LogP contribution in [0.5, 0.6) is 11.5 Å². The molecule has 0 saturated carbocycles. The number of rotatable bonds is 7. The van der Waals surface area contributed by atoms with Gasteiger partial charge in [0.05, 0.1) is 4.90 Å². The molecule has 0 radical (unpaired) electrons. The van der Waals surface area contributed by atoms with Crippen LogP contribution in [-0.2, 0) is 25.7 Å². The molecule has 6 N–H and O–H groups in total. The van der Waals surface area contributed by atoms with Crippen LogP contribution >= 0.6 is 0 Å². The number of hydrogen-bond donors (Lipinski definition) is 4. The van der Waals surface area contributed by atoms with Gasteiger partial charge in [-0.25, -0.2) is 0 Å². The normalized spacial score (nSPS) is 12.7. The van der Waals surface area contributed by atoms with Crippen molar-refractivity contribution in [3.8, 4) is 11.5 Å². The maximum Gasteiger partial charge on any atom is 0.406 e. The van der Waals surface area contributed by atoms with Gasteiger partial charge in [0.2, 0.25) is 0 Å². The average Bonchev–Trinajstić information content (AvgIpc) is 2.85. The zero-order valence-corrected chi connectivity index (χ0v) is 21.8. The minimum atomic E-state index is -5.16. The highest BCUT2D eigenvalue weighted by Crippen LogP contribution is 2.52. The summed E-state index contributed by atoms with van der Waals surface area (Å²) in [5, 5.41) is 0. The number of benzene rings is 4. The maximum absolute atomic E-state index is 15.3. The number of ether oxygens (including phenoxy) is 1. The van der Waals surface area contributed by atoms with E-state index >= 15 is 13.2 Å². The van der Waals surface area contributed by atoms with Crippen molar-refractivity contribution >= 4 is 31.6 Å². The molecule has 0 aliphatic heterocycles. The van der Waals surface area contributed by atoms with Gasteiger partial charge in [-0.1, -0.05) is 30.3 Å². The van der Waals surface area contributed by atoms with Crippen LogP contribution in [0.15, 0.2) is 101 Å². The van der Waals surface area contributed by atoms with Crippen LogP contribution in [0.25, 0.3) is 0 Å². The van der Waals surface area contributed by atoms with Gasteiger partial charge in [0.1, 0.15) is 21.8 Å². The monoisotopic (exact) mass is 594 g/mol. The molecule has 4 aromatic rings. The number of nitrogens with two attached hydrogens (primary N) is 2. The van der Waals surface area contributed by atoms with Gasteiger partial charge >= 0.3 is 6.18 Å². The Labute approximate surface area is 227 Å². The standard InChI is InChI=1S/C26H21F3N2O7S2/c27-26(28,29)25(16-1-6-19(30)7-2-16,17-3-8-20(31)9-4-17)18-5-14-23(24(15-18)40(35,36)37)38-21-10-12-22(13-11-21)39(32,33)34/h1-15H,30-31H2,(H,32,33,34)(H,35,36,37). The van der Waals surface area contributed by atoms with Gasteiger partial charge in [0.15, 0.2) is 0 Å². The Bertz CT molecular complexity index is 1710. The predicted molar refractivity (Wildman–Crippen MR) is 140 cm³/mol. The van der Waals surface area contributed by atoms with Crippen molar-refractivity contribution in [2.24, 2.45) is 0 Å². The summed E-state index contributed by atoms with van der Waals surface area (Å²) in [5.74, 6) is -0.680. The third kappa shape index (κ3) is 5.47. The smallest absolute Gasteiger partial charge is 0.406 e. The van der Waals surface area contributed by atoms with Gasteiger partial charge in [-0.2, -0.15) is 30.0 Å². The zero-order valence-electron chi connectivity index (χ0n) is 20.2. The lowest BCUT2D eigenvalue weighted by atomic mass is 9.68. The van der Waals surface area contributed by atoms with E-state index in [2.05, 4.69) is 0 Å². The van der Waals surface area contributed by atoms with E-state index in [0.29, 0.717) is 6.07 Å². The summed E-state index contributed by atoms with van der Waals surface area (Å²) in [7, 11) is -9.69. The third-order valence-corrected chi connectivity index (χ3v) is 7.86. The predicted octanol–water partition coefficient (Wildman–Crippen LogP) is 5.03. The van der Waals surface area contributed by atoms with Crippen LogP contribution in [0.2, 0.25) is 0 Å². The van der Waals surface area contributed by atoms with Crippen molar-refractivity contribution < 1.29 is 43.8 Å². The van der Waals surface area contributed by atoms with Crippen molar-refractivity contribution in [2.75, 3.05) is 11.5 Å². The van der Waals surface area contributed by atoms with Crippen molar-refractivity contribution in [3.63, 3.8) is 0 Å². The van der Waals surface area contributed by atoms with E-state index in [1.807, 2.05) is 0 Å². The third-order valence-electron chi connectivity index (χ3n) is 6.12. The number of halogens is 3. The van der Waals surface area contributed by atoms with Gasteiger partial charge < -0.3 is 16.2 Å². The van der Waals surface area contributed by atoms with Crippen molar-refractivity contribution in [1.82, 2.24) is 0 Å². The van der Waals surface area contributed by atoms with Crippen LogP contribution < -0.4 is 16.2 Å². The first-order chi connectivity index (χ1) is 18.5. The van der Waals surface area contributed by atoms with Crippen LogP contribution in [0.3, 0.4) is 0 Å². The van der Waals surface area contributed by atoms with Gasteiger partial charge in [-0.15, -0.1) is 0 Å².